The quantitative estimate of drug-likeness (QED) is 0.674. The van der Waals surface area contributed by atoms with Crippen LogP contribution in [0.3, 0.4) is 0 Å². The molecule has 1 atom stereocenters. The fraction of sp³-hybridized carbons (Fsp3) is 0.190. The summed E-state index contributed by atoms with van der Waals surface area (Å²) >= 11 is 1.72. The molecular formula is C21H23N2O2S+. The smallest absolute Gasteiger partial charge is 0.251 e. The Hall–Kier alpha value is -2.63. The number of likely N-dealkylation sites (N-methyl/N-ethyl adjacent to an activating group) is 1. The zero-order valence-electron chi connectivity index (χ0n) is 14.9. The Balaban J connectivity index is 1.65. The van der Waals surface area contributed by atoms with Crippen molar-refractivity contribution in [3.8, 4) is 11.5 Å². The summed E-state index contributed by atoms with van der Waals surface area (Å²) in [5.74, 6) is 1.31. The first-order valence-electron chi connectivity index (χ1n) is 8.58. The highest BCUT2D eigenvalue weighted by Crippen LogP contribution is 2.22. The highest BCUT2D eigenvalue weighted by Gasteiger charge is 2.20. The van der Waals surface area contributed by atoms with Crippen molar-refractivity contribution < 1.29 is 14.4 Å². The Bertz CT molecular complexity index is 832. The van der Waals surface area contributed by atoms with Crippen LogP contribution in [0.2, 0.25) is 0 Å². The largest absolute Gasteiger partial charge is 0.457 e. The number of hydrogen-bond donors (Lipinski definition) is 2. The van der Waals surface area contributed by atoms with Gasteiger partial charge in [0.2, 0.25) is 0 Å². The number of hydrogen-bond acceptors (Lipinski definition) is 3. The second-order valence-corrected chi connectivity index (χ2v) is 7.28. The van der Waals surface area contributed by atoms with E-state index in [1.165, 1.54) is 9.78 Å². The molecule has 4 nitrogen and oxygen atoms in total. The van der Waals surface area contributed by atoms with E-state index in [0.29, 0.717) is 17.9 Å². The van der Waals surface area contributed by atoms with Gasteiger partial charge in [-0.05, 0) is 41.8 Å². The van der Waals surface area contributed by atoms with Gasteiger partial charge in [0.05, 0.1) is 25.5 Å². The van der Waals surface area contributed by atoms with Gasteiger partial charge in [0.25, 0.3) is 5.91 Å². The van der Waals surface area contributed by atoms with Crippen LogP contribution in [-0.4, -0.2) is 26.5 Å². The third kappa shape index (κ3) is 4.71. The molecule has 5 heteroatoms. The van der Waals surface area contributed by atoms with E-state index >= 15 is 0 Å². The fourth-order valence-corrected chi connectivity index (χ4v) is 3.66. The van der Waals surface area contributed by atoms with E-state index in [1.54, 1.807) is 23.5 Å². The van der Waals surface area contributed by atoms with Crippen LogP contribution in [0.4, 0.5) is 0 Å². The molecule has 0 spiro atoms. The molecule has 26 heavy (non-hydrogen) atoms. The summed E-state index contributed by atoms with van der Waals surface area (Å²) in [6.07, 6.45) is 0. The first-order chi connectivity index (χ1) is 12.6. The van der Waals surface area contributed by atoms with E-state index in [2.05, 4.69) is 30.9 Å². The predicted molar refractivity (Wildman–Crippen MR) is 105 cm³/mol. The standard InChI is InChI=1S/C21H22N2O2S/c1-23(2)19(20-12-7-13-26-20)15-22-21(24)16-8-6-11-18(14-16)25-17-9-4-3-5-10-17/h3-14,19H,15H2,1-2H3,(H,22,24)/p+1/t19-/m1/s1. The van der Waals surface area contributed by atoms with Crippen molar-refractivity contribution in [3.05, 3.63) is 82.6 Å². The van der Waals surface area contributed by atoms with Gasteiger partial charge < -0.3 is 15.0 Å². The third-order valence-electron chi connectivity index (χ3n) is 4.13. The molecule has 1 aromatic heterocycles. The molecule has 1 amide bonds. The second kappa shape index (κ2) is 8.65. The lowest BCUT2D eigenvalue weighted by Crippen LogP contribution is -3.06. The van der Waals surface area contributed by atoms with Gasteiger partial charge in [0, 0.05) is 5.56 Å². The normalized spacial score (nSPS) is 12.0. The lowest BCUT2D eigenvalue weighted by Gasteiger charge is -2.20. The van der Waals surface area contributed by atoms with E-state index < -0.39 is 0 Å². The number of nitrogens with one attached hydrogen (secondary N) is 2. The maximum atomic E-state index is 12.6. The Labute approximate surface area is 158 Å². The molecule has 0 aliphatic heterocycles. The number of para-hydroxylation sites is 1. The van der Waals surface area contributed by atoms with E-state index in [4.69, 9.17) is 4.74 Å². The summed E-state index contributed by atoms with van der Waals surface area (Å²) in [6.45, 7) is 0.589. The molecule has 0 unspecified atom stereocenters. The Kier molecular flexibility index (Phi) is 6.04. The SMILES string of the molecule is C[NH+](C)[C@H](CNC(=O)c1cccc(Oc2ccccc2)c1)c1cccs1. The second-order valence-electron chi connectivity index (χ2n) is 6.30. The molecule has 134 valence electrons. The molecule has 0 saturated carbocycles. The lowest BCUT2D eigenvalue weighted by atomic mass is 10.1. The average molecular weight is 367 g/mol. The monoisotopic (exact) mass is 367 g/mol. The van der Waals surface area contributed by atoms with E-state index in [-0.39, 0.29) is 11.9 Å². The van der Waals surface area contributed by atoms with Gasteiger partial charge in [-0.3, -0.25) is 4.79 Å². The van der Waals surface area contributed by atoms with Crippen LogP contribution in [0.1, 0.15) is 21.3 Å². The maximum Gasteiger partial charge on any atom is 0.251 e. The molecular weight excluding hydrogens is 344 g/mol. The van der Waals surface area contributed by atoms with Gasteiger partial charge in [0.1, 0.15) is 17.5 Å². The molecule has 3 aromatic rings. The fourth-order valence-electron chi connectivity index (χ4n) is 2.70. The molecule has 0 fully saturated rings. The zero-order chi connectivity index (χ0) is 18.4. The average Bonchev–Trinajstić information content (AvgIpc) is 3.17. The van der Waals surface area contributed by atoms with Crippen LogP contribution in [0.25, 0.3) is 0 Å². The topological polar surface area (TPSA) is 42.8 Å². The molecule has 1 heterocycles. The van der Waals surface area contributed by atoms with Crippen molar-refractivity contribution in [1.29, 1.82) is 0 Å². The van der Waals surface area contributed by atoms with Crippen LogP contribution in [-0.2, 0) is 0 Å². The highest BCUT2D eigenvalue weighted by molar-refractivity contribution is 7.10. The first-order valence-corrected chi connectivity index (χ1v) is 9.46. The summed E-state index contributed by atoms with van der Waals surface area (Å²) in [7, 11) is 4.20. The minimum atomic E-state index is -0.0914. The Morgan fingerprint density at radius 1 is 1.04 bits per heavy atom. The van der Waals surface area contributed by atoms with Crippen LogP contribution < -0.4 is 15.0 Å². The van der Waals surface area contributed by atoms with Crippen LogP contribution in [0, 0.1) is 0 Å². The maximum absolute atomic E-state index is 12.6. The van der Waals surface area contributed by atoms with Crippen molar-refractivity contribution in [2.24, 2.45) is 0 Å². The summed E-state index contributed by atoms with van der Waals surface area (Å²) in [5.41, 5.74) is 0.595. The van der Waals surface area contributed by atoms with Crippen molar-refractivity contribution in [3.63, 3.8) is 0 Å². The van der Waals surface area contributed by atoms with Gasteiger partial charge in [0.15, 0.2) is 0 Å². The van der Waals surface area contributed by atoms with Crippen LogP contribution in [0.15, 0.2) is 72.1 Å². The molecule has 0 aliphatic carbocycles. The number of benzene rings is 2. The van der Waals surface area contributed by atoms with E-state index in [9.17, 15) is 4.79 Å². The van der Waals surface area contributed by atoms with Crippen LogP contribution in [0.5, 0.6) is 11.5 Å². The van der Waals surface area contributed by atoms with Gasteiger partial charge in [-0.2, -0.15) is 0 Å². The number of carbonyl (C=O) groups excluding carboxylic acids is 1. The lowest BCUT2D eigenvalue weighted by molar-refractivity contribution is -0.890. The van der Waals surface area contributed by atoms with Gasteiger partial charge >= 0.3 is 0 Å². The number of amides is 1. The number of thiophene rings is 1. The number of carbonyl (C=O) groups is 1. The van der Waals surface area contributed by atoms with Gasteiger partial charge in [-0.15, -0.1) is 11.3 Å². The molecule has 0 saturated heterocycles. The minimum absolute atomic E-state index is 0.0914. The zero-order valence-corrected chi connectivity index (χ0v) is 15.8. The minimum Gasteiger partial charge on any atom is -0.457 e. The van der Waals surface area contributed by atoms with E-state index in [1.807, 2.05) is 48.5 Å². The predicted octanol–water partition coefficient (Wildman–Crippen LogP) is 3.16. The van der Waals surface area contributed by atoms with Crippen molar-refractivity contribution in [2.75, 3.05) is 20.6 Å². The Morgan fingerprint density at radius 2 is 1.81 bits per heavy atom. The van der Waals surface area contributed by atoms with Crippen molar-refractivity contribution in [2.45, 2.75) is 6.04 Å². The summed E-state index contributed by atoms with van der Waals surface area (Å²) in [5, 5.41) is 5.12. The molecule has 0 bridgehead atoms. The van der Waals surface area contributed by atoms with E-state index in [0.717, 1.165) is 5.75 Å². The van der Waals surface area contributed by atoms with Crippen molar-refractivity contribution >= 4 is 17.2 Å². The number of ether oxygens (including phenoxy) is 1. The first kappa shape index (κ1) is 18.2. The Morgan fingerprint density at radius 3 is 2.50 bits per heavy atom. The molecule has 0 aliphatic rings. The molecule has 2 aromatic carbocycles. The van der Waals surface area contributed by atoms with Crippen LogP contribution >= 0.6 is 11.3 Å². The summed E-state index contributed by atoms with van der Waals surface area (Å²) in [4.78, 5) is 15.1. The molecule has 0 radical (unpaired) electrons. The highest BCUT2D eigenvalue weighted by atomic mass is 32.1. The third-order valence-corrected chi connectivity index (χ3v) is 5.11. The molecule has 3 rings (SSSR count). The van der Waals surface area contributed by atoms with Crippen molar-refractivity contribution in [1.82, 2.24) is 5.32 Å². The van der Waals surface area contributed by atoms with Gasteiger partial charge in [-0.25, -0.2) is 0 Å². The summed E-state index contributed by atoms with van der Waals surface area (Å²) < 4.78 is 5.81. The number of rotatable bonds is 7. The summed E-state index contributed by atoms with van der Waals surface area (Å²) in [6, 6.07) is 21.2. The number of quaternary nitrogens is 1. The van der Waals surface area contributed by atoms with Gasteiger partial charge in [-0.1, -0.05) is 30.3 Å². The molecule has 2 N–H and O–H groups in total.